The summed E-state index contributed by atoms with van der Waals surface area (Å²) in [7, 11) is 0. The lowest BCUT2D eigenvalue weighted by Gasteiger charge is -1.99. The molecule has 0 bridgehead atoms. The highest BCUT2D eigenvalue weighted by Gasteiger charge is 2.25. The van der Waals surface area contributed by atoms with E-state index in [0.717, 1.165) is 10.2 Å². The fraction of sp³-hybridized carbons (Fsp3) is 0.300. The maximum absolute atomic E-state index is 11.6. The van der Waals surface area contributed by atoms with Crippen molar-refractivity contribution in [1.82, 2.24) is 9.38 Å². The second kappa shape index (κ2) is 2.73. The maximum atomic E-state index is 11.6. The molecule has 1 aliphatic carbocycles. The highest BCUT2D eigenvalue weighted by atomic mass is 79.9. The van der Waals surface area contributed by atoms with Crippen LogP contribution in [-0.4, -0.2) is 9.38 Å². The molecule has 1 saturated carbocycles. The Morgan fingerprint density at radius 2 is 2.21 bits per heavy atom. The summed E-state index contributed by atoms with van der Waals surface area (Å²) >= 11 is 3.36. The third-order valence-corrected chi connectivity index (χ3v) is 3.03. The van der Waals surface area contributed by atoms with Crippen molar-refractivity contribution in [3.05, 3.63) is 39.0 Å². The Morgan fingerprint density at radius 3 is 2.93 bits per heavy atom. The van der Waals surface area contributed by atoms with E-state index in [2.05, 4.69) is 20.9 Å². The molecule has 3 nitrogen and oxygen atoms in total. The van der Waals surface area contributed by atoms with Crippen LogP contribution in [0.1, 0.15) is 24.5 Å². The Kier molecular flexibility index (Phi) is 1.62. The molecule has 1 fully saturated rings. The van der Waals surface area contributed by atoms with E-state index in [9.17, 15) is 4.79 Å². The van der Waals surface area contributed by atoms with Crippen LogP contribution in [0.4, 0.5) is 0 Å². The fourth-order valence-electron chi connectivity index (χ4n) is 1.71. The number of fused-ring (bicyclic) bond motifs is 1. The summed E-state index contributed by atoms with van der Waals surface area (Å²) in [4.78, 5) is 14.6. The summed E-state index contributed by atoms with van der Waals surface area (Å²) in [6.07, 6.45) is 6.32. The zero-order valence-corrected chi connectivity index (χ0v) is 9.04. The first-order chi connectivity index (χ1) is 6.74. The van der Waals surface area contributed by atoms with Gasteiger partial charge in [0.15, 0.2) is 0 Å². The Hall–Kier alpha value is -1.03. The normalized spacial score (nSPS) is 16.4. The lowest BCUT2D eigenvalue weighted by molar-refractivity contribution is 0.953. The summed E-state index contributed by atoms with van der Waals surface area (Å²) in [5.41, 5.74) is 1.76. The van der Waals surface area contributed by atoms with Gasteiger partial charge < -0.3 is 9.38 Å². The molecule has 0 aromatic carbocycles. The quantitative estimate of drug-likeness (QED) is 0.831. The summed E-state index contributed by atoms with van der Waals surface area (Å²) in [5.74, 6) is 0.577. The van der Waals surface area contributed by atoms with E-state index < -0.39 is 0 Å². The summed E-state index contributed by atoms with van der Waals surface area (Å²) < 4.78 is 2.83. The van der Waals surface area contributed by atoms with Crippen LogP contribution < -0.4 is 5.56 Å². The molecule has 4 heteroatoms. The maximum Gasteiger partial charge on any atom is 0.272 e. The number of aromatic nitrogens is 2. The van der Waals surface area contributed by atoms with Gasteiger partial charge >= 0.3 is 0 Å². The molecule has 0 spiro atoms. The number of nitrogens with zero attached hydrogens (tertiary/aromatic N) is 1. The van der Waals surface area contributed by atoms with E-state index >= 15 is 0 Å². The van der Waals surface area contributed by atoms with E-state index in [1.807, 2.05) is 22.9 Å². The van der Waals surface area contributed by atoms with Crippen molar-refractivity contribution < 1.29 is 0 Å². The molecule has 2 aromatic heterocycles. The monoisotopic (exact) mass is 252 g/mol. The van der Waals surface area contributed by atoms with Crippen LogP contribution in [0.3, 0.4) is 0 Å². The van der Waals surface area contributed by atoms with E-state index in [1.165, 1.54) is 12.8 Å². The van der Waals surface area contributed by atoms with Gasteiger partial charge in [0.25, 0.3) is 5.56 Å². The lowest BCUT2D eigenvalue weighted by Crippen LogP contribution is -2.11. The first-order valence-electron chi connectivity index (χ1n) is 4.64. The lowest BCUT2D eigenvalue weighted by atomic mass is 10.3. The minimum absolute atomic E-state index is 0.0000926. The predicted octanol–water partition coefficient (Wildman–Crippen LogP) is 2.27. The van der Waals surface area contributed by atoms with Gasteiger partial charge in [-0.15, -0.1) is 0 Å². The molecule has 2 heterocycles. The molecule has 0 amide bonds. The Labute approximate surface area is 88.9 Å². The van der Waals surface area contributed by atoms with Gasteiger partial charge in [-0.25, -0.2) is 0 Å². The Bertz CT molecular complexity index is 551. The molecule has 3 rings (SSSR count). The van der Waals surface area contributed by atoms with Crippen LogP contribution in [0.5, 0.6) is 0 Å². The zero-order valence-electron chi connectivity index (χ0n) is 7.46. The van der Waals surface area contributed by atoms with Crippen LogP contribution in [0.15, 0.2) is 27.7 Å². The second-order valence-electron chi connectivity index (χ2n) is 3.76. The van der Waals surface area contributed by atoms with Crippen molar-refractivity contribution in [1.29, 1.82) is 0 Å². The summed E-state index contributed by atoms with van der Waals surface area (Å²) in [6, 6.07) is 1.83. The SMILES string of the molecule is O=c1[nH]c(C2CC2)cn2cc(Br)cc12. The number of rotatable bonds is 1. The van der Waals surface area contributed by atoms with E-state index in [0.29, 0.717) is 11.4 Å². The molecule has 2 aromatic rings. The highest BCUT2D eigenvalue weighted by Crippen LogP contribution is 2.38. The Balaban J connectivity index is 2.32. The Morgan fingerprint density at radius 1 is 1.43 bits per heavy atom. The van der Waals surface area contributed by atoms with Crippen LogP contribution in [-0.2, 0) is 0 Å². The fourth-order valence-corrected chi connectivity index (χ4v) is 2.15. The van der Waals surface area contributed by atoms with Gasteiger partial charge in [-0.1, -0.05) is 0 Å². The molecule has 0 aliphatic heterocycles. The van der Waals surface area contributed by atoms with Crippen molar-refractivity contribution in [2.45, 2.75) is 18.8 Å². The van der Waals surface area contributed by atoms with Gasteiger partial charge in [-0.3, -0.25) is 4.79 Å². The van der Waals surface area contributed by atoms with E-state index in [1.54, 1.807) is 0 Å². The van der Waals surface area contributed by atoms with Gasteiger partial charge in [0, 0.05) is 28.5 Å². The molecule has 1 N–H and O–H groups in total. The number of halogens is 1. The minimum atomic E-state index is 0.0000926. The van der Waals surface area contributed by atoms with Gasteiger partial charge in [0.2, 0.25) is 0 Å². The smallest absolute Gasteiger partial charge is 0.272 e. The minimum Gasteiger partial charge on any atom is -0.323 e. The standard InChI is InChI=1S/C10H9BrN2O/c11-7-3-9-10(14)12-8(6-1-2-6)5-13(9)4-7/h3-6H,1-2H2,(H,12,14). The van der Waals surface area contributed by atoms with E-state index in [4.69, 9.17) is 0 Å². The molecular weight excluding hydrogens is 244 g/mol. The molecule has 0 saturated heterocycles. The molecule has 14 heavy (non-hydrogen) atoms. The number of nitrogens with one attached hydrogen (secondary N) is 1. The first-order valence-corrected chi connectivity index (χ1v) is 5.44. The van der Waals surface area contributed by atoms with Crippen molar-refractivity contribution >= 4 is 21.4 Å². The molecule has 1 aliphatic rings. The van der Waals surface area contributed by atoms with Crippen LogP contribution in [0.25, 0.3) is 5.52 Å². The van der Waals surface area contributed by atoms with Crippen molar-refractivity contribution in [2.24, 2.45) is 0 Å². The topological polar surface area (TPSA) is 37.3 Å². The molecule has 0 unspecified atom stereocenters. The molecular formula is C10H9BrN2O. The molecule has 0 radical (unpaired) electrons. The summed E-state index contributed by atoms with van der Waals surface area (Å²) in [6.45, 7) is 0. The van der Waals surface area contributed by atoms with Crippen molar-refractivity contribution in [3.8, 4) is 0 Å². The second-order valence-corrected chi connectivity index (χ2v) is 4.68. The number of hydrogen-bond donors (Lipinski definition) is 1. The van der Waals surface area contributed by atoms with Gasteiger partial charge in [-0.2, -0.15) is 0 Å². The van der Waals surface area contributed by atoms with Crippen molar-refractivity contribution in [2.75, 3.05) is 0 Å². The van der Waals surface area contributed by atoms with Gasteiger partial charge in [-0.05, 0) is 34.8 Å². The number of hydrogen-bond acceptors (Lipinski definition) is 1. The largest absolute Gasteiger partial charge is 0.323 e. The third-order valence-electron chi connectivity index (χ3n) is 2.60. The third kappa shape index (κ3) is 1.21. The van der Waals surface area contributed by atoms with E-state index in [-0.39, 0.29) is 5.56 Å². The van der Waals surface area contributed by atoms with Crippen LogP contribution in [0.2, 0.25) is 0 Å². The van der Waals surface area contributed by atoms with Gasteiger partial charge in [0.05, 0.1) is 0 Å². The number of H-pyrrole nitrogens is 1. The van der Waals surface area contributed by atoms with Crippen LogP contribution in [0, 0.1) is 0 Å². The first kappa shape index (κ1) is 8.29. The average Bonchev–Trinajstić information content (AvgIpc) is 2.89. The van der Waals surface area contributed by atoms with Crippen LogP contribution >= 0.6 is 15.9 Å². The van der Waals surface area contributed by atoms with Crippen molar-refractivity contribution in [3.63, 3.8) is 0 Å². The number of aromatic amines is 1. The average molecular weight is 253 g/mol. The zero-order chi connectivity index (χ0) is 9.71. The summed E-state index contributed by atoms with van der Waals surface area (Å²) in [5, 5.41) is 0. The molecule has 0 atom stereocenters. The molecule has 72 valence electrons. The predicted molar refractivity (Wildman–Crippen MR) is 57.7 cm³/mol. The highest BCUT2D eigenvalue weighted by molar-refractivity contribution is 9.10. The van der Waals surface area contributed by atoms with Gasteiger partial charge in [0.1, 0.15) is 5.52 Å².